The third-order valence-electron chi connectivity index (χ3n) is 5.39. The minimum absolute atomic E-state index is 0.0437. The monoisotopic (exact) mass is 369 g/mol. The van der Waals surface area contributed by atoms with E-state index in [2.05, 4.69) is 13.8 Å². The third-order valence-corrected chi connectivity index (χ3v) is 5.68. The van der Waals surface area contributed by atoms with Crippen LogP contribution >= 0.6 is 11.6 Å². The summed E-state index contributed by atoms with van der Waals surface area (Å²) < 4.78 is 19.6. The van der Waals surface area contributed by atoms with Gasteiger partial charge in [-0.05, 0) is 43.4 Å². The van der Waals surface area contributed by atoms with Crippen molar-refractivity contribution >= 4 is 17.5 Å². The number of rotatable bonds is 2. The van der Waals surface area contributed by atoms with Crippen LogP contribution < -0.4 is 0 Å². The molecule has 4 nitrogen and oxygen atoms in total. The van der Waals surface area contributed by atoms with Crippen molar-refractivity contribution in [2.45, 2.75) is 57.3 Å². The molecule has 0 saturated carbocycles. The van der Waals surface area contributed by atoms with Crippen molar-refractivity contribution < 1.29 is 19.0 Å². The van der Waals surface area contributed by atoms with Crippen LogP contribution in [0.1, 0.15) is 49.9 Å². The molecule has 3 rings (SSSR count). The molecule has 0 aromatic heterocycles. The summed E-state index contributed by atoms with van der Waals surface area (Å²) in [5, 5.41) is 10.2. The average Bonchev–Trinajstić information content (AvgIpc) is 2.56. The van der Waals surface area contributed by atoms with E-state index >= 15 is 0 Å². The van der Waals surface area contributed by atoms with Crippen LogP contribution in [0.5, 0.6) is 0 Å². The molecule has 1 spiro atoms. The lowest BCUT2D eigenvalue weighted by molar-refractivity contribution is -0.190. The van der Waals surface area contributed by atoms with E-state index in [0.717, 1.165) is 0 Å². The molecule has 2 aliphatic rings. The summed E-state index contributed by atoms with van der Waals surface area (Å²) in [6.07, 6.45) is 2.42. The van der Waals surface area contributed by atoms with E-state index in [-0.39, 0.29) is 28.7 Å². The van der Waals surface area contributed by atoms with Crippen LogP contribution in [0.4, 0.5) is 4.39 Å². The first-order valence-electron chi connectivity index (χ1n) is 8.90. The van der Waals surface area contributed by atoms with Gasteiger partial charge in [-0.1, -0.05) is 25.4 Å². The lowest BCUT2D eigenvalue weighted by atomic mass is 9.80. The zero-order chi connectivity index (χ0) is 18.2. The van der Waals surface area contributed by atoms with Gasteiger partial charge in [-0.3, -0.25) is 4.79 Å². The summed E-state index contributed by atoms with van der Waals surface area (Å²) in [4.78, 5) is 14.4. The first-order chi connectivity index (χ1) is 11.8. The van der Waals surface area contributed by atoms with Gasteiger partial charge < -0.3 is 14.7 Å². The number of aliphatic hydroxyl groups excluding tert-OH is 1. The molecule has 2 fully saturated rings. The van der Waals surface area contributed by atoms with E-state index in [1.54, 1.807) is 4.90 Å². The van der Waals surface area contributed by atoms with Gasteiger partial charge in [0.2, 0.25) is 0 Å². The maximum absolute atomic E-state index is 13.3. The lowest BCUT2D eigenvalue weighted by Crippen LogP contribution is -2.54. The first kappa shape index (κ1) is 18.6. The molecule has 2 heterocycles. The smallest absolute Gasteiger partial charge is 0.253 e. The van der Waals surface area contributed by atoms with Gasteiger partial charge in [-0.15, -0.1) is 0 Å². The number of halogens is 2. The maximum atomic E-state index is 13.3. The number of nitrogens with zero attached hydrogens (tertiary/aromatic N) is 1. The Morgan fingerprint density at radius 1 is 1.40 bits per heavy atom. The third kappa shape index (κ3) is 3.99. The Bertz CT molecular complexity index is 644. The Kier molecular flexibility index (Phi) is 5.37. The summed E-state index contributed by atoms with van der Waals surface area (Å²) in [7, 11) is 0. The molecule has 2 aliphatic heterocycles. The van der Waals surface area contributed by atoms with Crippen molar-refractivity contribution in [3.8, 4) is 0 Å². The van der Waals surface area contributed by atoms with Crippen LogP contribution in [0.3, 0.4) is 0 Å². The number of aliphatic hydroxyl groups is 1. The highest BCUT2D eigenvalue weighted by Gasteiger charge is 2.44. The number of carbonyl (C=O) groups excluding carboxylic acids is 1. The predicted octanol–water partition coefficient (Wildman–Crippen LogP) is 3.65. The average molecular weight is 370 g/mol. The fourth-order valence-electron chi connectivity index (χ4n) is 3.86. The summed E-state index contributed by atoms with van der Waals surface area (Å²) in [6, 6.07) is 4.05. The fraction of sp³-hybridized carbons (Fsp3) is 0.632. The number of hydrogen-bond acceptors (Lipinski definition) is 3. The van der Waals surface area contributed by atoms with Crippen LogP contribution in [-0.2, 0) is 4.74 Å². The van der Waals surface area contributed by atoms with Gasteiger partial charge in [0.15, 0.2) is 0 Å². The first-order valence-corrected chi connectivity index (χ1v) is 9.28. The Hall–Kier alpha value is -1.17. The largest absolute Gasteiger partial charge is 0.393 e. The number of hydrogen-bond donors (Lipinski definition) is 1. The number of ether oxygens (including phenoxy) is 1. The lowest BCUT2D eigenvalue weighted by Gasteiger charge is -2.48. The normalized spacial score (nSPS) is 26.2. The fourth-order valence-corrected chi connectivity index (χ4v) is 4.04. The van der Waals surface area contributed by atoms with Crippen molar-refractivity contribution in [3.05, 3.63) is 34.6 Å². The van der Waals surface area contributed by atoms with Crippen molar-refractivity contribution in [1.29, 1.82) is 0 Å². The number of benzene rings is 1. The van der Waals surface area contributed by atoms with Crippen molar-refractivity contribution in [3.63, 3.8) is 0 Å². The molecule has 2 atom stereocenters. The number of likely N-dealkylation sites (tertiary alicyclic amines) is 1. The Morgan fingerprint density at radius 2 is 2.08 bits per heavy atom. The highest BCUT2D eigenvalue weighted by molar-refractivity contribution is 6.31. The Labute approximate surface area is 152 Å². The molecule has 25 heavy (non-hydrogen) atoms. The maximum Gasteiger partial charge on any atom is 0.253 e. The van der Waals surface area contributed by atoms with Gasteiger partial charge in [0.25, 0.3) is 5.91 Å². The van der Waals surface area contributed by atoms with Crippen molar-refractivity contribution in [2.75, 3.05) is 13.1 Å². The molecule has 6 heteroatoms. The van der Waals surface area contributed by atoms with Crippen molar-refractivity contribution in [1.82, 2.24) is 4.90 Å². The summed E-state index contributed by atoms with van der Waals surface area (Å²) >= 11 is 5.78. The van der Waals surface area contributed by atoms with E-state index in [1.807, 2.05) is 0 Å². The Balaban J connectivity index is 1.66. The number of piperidine rings is 1. The summed E-state index contributed by atoms with van der Waals surface area (Å²) in [5.41, 5.74) is 0.0519. The van der Waals surface area contributed by atoms with Gasteiger partial charge in [0, 0.05) is 25.1 Å². The molecule has 1 amide bonds. The van der Waals surface area contributed by atoms with E-state index in [0.29, 0.717) is 50.3 Å². The van der Waals surface area contributed by atoms with E-state index < -0.39 is 5.82 Å². The zero-order valence-electron chi connectivity index (χ0n) is 14.7. The molecule has 138 valence electrons. The van der Waals surface area contributed by atoms with Crippen LogP contribution in [0.2, 0.25) is 5.02 Å². The van der Waals surface area contributed by atoms with Crippen LogP contribution in [-0.4, -0.2) is 46.8 Å². The van der Waals surface area contributed by atoms with Gasteiger partial charge >= 0.3 is 0 Å². The second-order valence-corrected chi connectivity index (χ2v) is 8.01. The number of carbonyl (C=O) groups is 1. The van der Waals surface area contributed by atoms with E-state index in [4.69, 9.17) is 16.3 Å². The predicted molar refractivity (Wildman–Crippen MR) is 94.2 cm³/mol. The van der Waals surface area contributed by atoms with Gasteiger partial charge in [-0.25, -0.2) is 4.39 Å². The molecule has 0 radical (unpaired) electrons. The molecular formula is C19H25ClFNO3. The van der Waals surface area contributed by atoms with Gasteiger partial charge in [-0.2, -0.15) is 0 Å². The van der Waals surface area contributed by atoms with E-state index in [9.17, 15) is 14.3 Å². The summed E-state index contributed by atoms with van der Waals surface area (Å²) in [5.74, 6) is -0.318. The molecule has 1 aromatic carbocycles. The molecule has 0 unspecified atom stereocenters. The van der Waals surface area contributed by atoms with Crippen molar-refractivity contribution in [2.24, 2.45) is 5.92 Å². The molecule has 0 aliphatic carbocycles. The Morgan fingerprint density at radius 3 is 2.68 bits per heavy atom. The molecule has 0 bridgehead atoms. The quantitative estimate of drug-likeness (QED) is 0.865. The van der Waals surface area contributed by atoms with Crippen LogP contribution in [0.15, 0.2) is 18.2 Å². The van der Waals surface area contributed by atoms with Crippen LogP contribution in [0, 0.1) is 11.7 Å². The molecular weight excluding hydrogens is 345 g/mol. The van der Waals surface area contributed by atoms with Gasteiger partial charge in [0.1, 0.15) is 5.82 Å². The van der Waals surface area contributed by atoms with Gasteiger partial charge in [0.05, 0.1) is 22.8 Å². The second kappa shape index (κ2) is 7.22. The number of amides is 1. The van der Waals surface area contributed by atoms with E-state index in [1.165, 1.54) is 18.2 Å². The molecule has 1 N–H and O–H groups in total. The topological polar surface area (TPSA) is 49.8 Å². The SMILES string of the molecule is CC(C)[C@H]1C[C@@H](O)CC2(CCN(C(=O)c3ccc(F)c(Cl)c3)CC2)O1. The molecule has 1 aromatic rings. The highest BCUT2D eigenvalue weighted by Crippen LogP contribution is 2.39. The minimum atomic E-state index is -0.528. The standard InChI is InChI=1S/C19H25ClFNO3/c1-12(2)17-10-14(23)11-19(25-17)5-7-22(8-6-19)18(24)13-3-4-16(21)15(20)9-13/h3-4,9,12,14,17,23H,5-8,10-11H2,1-2H3/t14-,17-/m1/s1. The minimum Gasteiger partial charge on any atom is -0.393 e. The summed E-state index contributed by atoms with van der Waals surface area (Å²) in [6.45, 7) is 5.33. The highest BCUT2D eigenvalue weighted by atomic mass is 35.5. The van der Waals surface area contributed by atoms with Crippen LogP contribution in [0.25, 0.3) is 0 Å². The zero-order valence-corrected chi connectivity index (χ0v) is 15.4. The second-order valence-electron chi connectivity index (χ2n) is 7.60. The molecule has 2 saturated heterocycles.